The third-order valence-corrected chi connectivity index (χ3v) is 10.5. The zero-order valence-corrected chi connectivity index (χ0v) is 13.1. The van der Waals surface area contributed by atoms with E-state index in [1.165, 1.54) is 25.7 Å². The Morgan fingerprint density at radius 2 is 1.53 bits per heavy atom. The van der Waals surface area contributed by atoms with Gasteiger partial charge in [-0.05, 0) is 0 Å². The van der Waals surface area contributed by atoms with Crippen molar-refractivity contribution in [3.8, 4) is 0 Å². The zero-order chi connectivity index (χ0) is 12.1. The van der Waals surface area contributed by atoms with Crippen molar-refractivity contribution in [2.75, 3.05) is 13.3 Å². The molecular weight excluding hydrogens is 199 g/mol. The SMILES string of the molecule is CCCC(CC)CC(C)[PH](C)(C)C(C)C. The van der Waals surface area contributed by atoms with Gasteiger partial charge in [-0.15, -0.1) is 0 Å². The van der Waals surface area contributed by atoms with Gasteiger partial charge < -0.3 is 0 Å². The Kier molecular flexibility index (Phi) is 7.09. The minimum atomic E-state index is -0.992. The molecule has 0 heterocycles. The van der Waals surface area contributed by atoms with E-state index in [9.17, 15) is 0 Å². The summed E-state index contributed by atoms with van der Waals surface area (Å²) in [4.78, 5) is 0. The summed E-state index contributed by atoms with van der Waals surface area (Å²) < 4.78 is 0. The van der Waals surface area contributed by atoms with Crippen LogP contribution in [0.5, 0.6) is 0 Å². The van der Waals surface area contributed by atoms with E-state index in [1.54, 1.807) is 0 Å². The molecule has 0 N–H and O–H groups in total. The molecule has 0 spiro atoms. The molecule has 15 heavy (non-hydrogen) atoms. The maximum atomic E-state index is 2.57. The molecule has 0 aromatic carbocycles. The second-order valence-corrected chi connectivity index (χ2v) is 12.0. The van der Waals surface area contributed by atoms with E-state index in [2.05, 4.69) is 47.9 Å². The molecule has 0 amide bonds. The molecular formula is C14H33P. The van der Waals surface area contributed by atoms with Crippen LogP contribution in [0, 0.1) is 5.92 Å². The van der Waals surface area contributed by atoms with Crippen LogP contribution in [0.3, 0.4) is 0 Å². The summed E-state index contributed by atoms with van der Waals surface area (Å²) in [5.41, 5.74) is 1.90. The summed E-state index contributed by atoms with van der Waals surface area (Å²) in [6.07, 6.45) is 5.64. The number of hydrogen-bond donors (Lipinski definition) is 0. The fourth-order valence-corrected chi connectivity index (χ4v) is 4.35. The monoisotopic (exact) mass is 232 g/mol. The standard InChI is InChI=1S/C14H33P/c1-8-10-14(9-2)11-13(5)15(6,7)12(3)4/h12-15H,8-11H2,1-7H3. The van der Waals surface area contributed by atoms with E-state index < -0.39 is 7.26 Å². The molecule has 1 heteroatoms. The molecule has 0 aliphatic carbocycles. The molecule has 0 aromatic heterocycles. The Bertz CT molecular complexity index is 161. The van der Waals surface area contributed by atoms with Crippen molar-refractivity contribution in [3.05, 3.63) is 0 Å². The van der Waals surface area contributed by atoms with E-state index in [0.29, 0.717) is 0 Å². The first kappa shape index (κ1) is 15.4. The third-order valence-electron chi connectivity index (χ3n) is 4.72. The van der Waals surface area contributed by atoms with Crippen molar-refractivity contribution in [2.45, 2.75) is 71.6 Å². The molecule has 0 radical (unpaired) electrons. The molecule has 0 aromatic rings. The third kappa shape index (κ3) is 4.85. The van der Waals surface area contributed by atoms with Crippen molar-refractivity contribution in [1.29, 1.82) is 0 Å². The van der Waals surface area contributed by atoms with Gasteiger partial charge >= 0.3 is 98.1 Å². The second kappa shape index (κ2) is 6.89. The van der Waals surface area contributed by atoms with Crippen molar-refractivity contribution in [3.63, 3.8) is 0 Å². The Morgan fingerprint density at radius 1 is 1.00 bits per heavy atom. The van der Waals surface area contributed by atoms with E-state index >= 15 is 0 Å². The quantitative estimate of drug-likeness (QED) is 0.541. The molecule has 0 rings (SSSR count). The summed E-state index contributed by atoms with van der Waals surface area (Å²) in [5.74, 6) is 0.982. The first-order valence-electron chi connectivity index (χ1n) is 6.86. The van der Waals surface area contributed by atoms with Gasteiger partial charge in [0.2, 0.25) is 0 Å². The Balaban J connectivity index is 4.26. The summed E-state index contributed by atoms with van der Waals surface area (Å²) in [7, 11) is -0.992. The van der Waals surface area contributed by atoms with Crippen LogP contribution in [0.2, 0.25) is 0 Å². The van der Waals surface area contributed by atoms with Crippen LogP contribution >= 0.6 is 7.26 Å². The van der Waals surface area contributed by atoms with E-state index in [4.69, 9.17) is 0 Å². The Labute approximate surface area is 98.6 Å². The molecule has 0 aliphatic rings. The molecule has 94 valence electrons. The van der Waals surface area contributed by atoms with Gasteiger partial charge in [-0.2, -0.15) is 0 Å². The summed E-state index contributed by atoms with van der Waals surface area (Å²) in [6.45, 7) is 17.2. The van der Waals surface area contributed by atoms with Crippen molar-refractivity contribution < 1.29 is 0 Å². The van der Waals surface area contributed by atoms with E-state index in [1.807, 2.05) is 0 Å². The summed E-state index contributed by atoms with van der Waals surface area (Å²) >= 11 is 0. The molecule has 2 atom stereocenters. The van der Waals surface area contributed by atoms with Gasteiger partial charge in [0.1, 0.15) is 0 Å². The average molecular weight is 232 g/mol. The van der Waals surface area contributed by atoms with Crippen LogP contribution in [-0.4, -0.2) is 24.6 Å². The van der Waals surface area contributed by atoms with Crippen LogP contribution in [-0.2, 0) is 0 Å². The van der Waals surface area contributed by atoms with Gasteiger partial charge in [-0.3, -0.25) is 0 Å². The fourth-order valence-electron chi connectivity index (χ4n) is 2.27. The molecule has 0 nitrogen and oxygen atoms in total. The number of hydrogen-bond acceptors (Lipinski definition) is 0. The van der Waals surface area contributed by atoms with Crippen molar-refractivity contribution >= 4 is 7.26 Å². The van der Waals surface area contributed by atoms with Gasteiger partial charge in [0.15, 0.2) is 0 Å². The van der Waals surface area contributed by atoms with Crippen molar-refractivity contribution in [2.24, 2.45) is 5.92 Å². The van der Waals surface area contributed by atoms with Crippen LogP contribution in [0.25, 0.3) is 0 Å². The van der Waals surface area contributed by atoms with Gasteiger partial charge in [0.05, 0.1) is 0 Å². The second-order valence-electron chi connectivity index (χ2n) is 6.18. The number of rotatable bonds is 7. The fraction of sp³-hybridized carbons (Fsp3) is 1.00. The van der Waals surface area contributed by atoms with Gasteiger partial charge in [-0.1, -0.05) is 0 Å². The molecule has 0 saturated carbocycles. The van der Waals surface area contributed by atoms with Gasteiger partial charge in [0.25, 0.3) is 0 Å². The van der Waals surface area contributed by atoms with Crippen LogP contribution in [0.15, 0.2) is 0 Å². The topological polar surface area (TPSA) is 0 Å². The van der Waals surface area contributed by atoms with E-state index in [0.717, 1.165) is 17.2 Å². The van der Waals surface area contributed by atoms with Gasteiger partial charge in [-0.25, -0.2) is 0 Å². The maximum absolute atomic E-state index is 2.57. The first-order chi connectivity index (χ1) is 6.86. The van der Waals surface area contributed by atoms with Crippen molar-refractivity contribution in [1.82, 2.24) is 0 Å². The average Bonchev–Trinajstić information content (AvgIpc) is 2.16. The summed E-state index contributed by atoms with van der Waals surface area (Å²) in [6, 6.07) is 0. The van der Waals surface area contributed by atoms with E-state index in [-0.39, 0.29) is 0 Å². The van der Waals surface area contributed by atoms with Crippen LogP contribution < -0.4 is 0 Å². The van der Waals surface area contributed by atoms with Crippen LogP contribution in [0.1, 0.15) is 60.3 Å². The summed E-state index contributed by atoms with van der Waals surface area (Å²) in [5, 5.41) is 0. The molecule has 0 aliphatic heterocycles. The molecule has 0 saturated heterocycles. The zero-order valence-electron chi connectivity index (χ0n) is 12.1. The first-order valence-corrected chi connectivity index (χ1v) is 10.0. The Hall–Kier alpha value is 0.430. The normalized spacial score (nSPS) is 17.9. The molecule has 2 unspecified atom stereocenters. The van der Waals surface area contributed by atoms with Gasteiger partial charge in [0, 0.05) is 0 Å². The predicted molar refractivity (Wildman–Crippen MR) is 78.1 cm³/mol. The Morgan fingerprint density at radius 3 is 1.87 bits per heavy atom. The minimum absolute atomic E-state index is 0.923. The van der Waals surface area contributed by atoms with Crippen LogP contribution in [0.4, 0.5) is 0 Å². The molecule has 0 bridgehead atoms. The predicted octanol–water partition coefficient (Wildman–Crippen LogP) is 5.01. The molecule has 0 fully saturated rings.